The molecule has 51 heavy (non-hydrogen) atoms. The van der Waals surface area contributed by atoms with Gasteiger partial charge in [-0.25, -0.2) is 4.68 Å². The summed E-state index contributed by atoms with van der Waals surface area (Å²) in [6.07, 6.45) is 9.24. The van der Waals surface area contributed by atoms with Crippen LogP contribution >= 0.6 is 0 Å². The molecule has 11 nitrogen and oxygen atoms in total. The molecule has 2 aliphatic carbocycles. The number of rotatable bonds is 15. The minimum absolute atomic E-state index is 0.0660. The summed E-state index contributed by atoms with van der Waals surface area (Å²) in [4.78, 5) is 45.0. The molecule has 4 aromatic rings. The van der Waals surface area contributed by atoms with E-state index in [1.165, 1.54) is 10.7 Å². The summed E-state index contributed by atoms with van der Waals surface area (Å²) in [7, 11) is 0. The van der Waals surface area contributed by atoms with E-state index in [4.69, 9.17) is 9.47 Å². The number of hydrogen-bond donors (Lipinski definition) is 3. The molecule has 6 rings (SSSR count). The van der Waals surface area contributed by atoms with Crippen molar-refractivity contribution in [1.82, 2.24) is 30.7 Å². The minimum Gasteiger partial charge on any atom is -0.371 e. The van der Waals surface area contributed by atoms with Crippen molar-refractivity contribution in [3.8, 4) is 0 Å². The molecule has 2 heterocycles. The third-order valence-corrected chi connectivity index (χ3v) is 9.61. The van der Waals surface area contributed by atoms with Gasteiger partial charge in [-0.05, 0) is 48.9 Å². The molecule has 0 radical (unpaired) electrons. The molecular weight excluding hydrogens is 644 g/mol. The number of nitrogens with one attached hydrogen (secondary N) is 3. The Morgan fingerprint density at radius 1 is 0.706 bits per heavy atom. The summed E-state index contributed by atoms with van der Waals surface area (Å²) in [5, 5.41) is 13.7. The maximum absolute atomic E-state index is 13.9. The van der Waals surface area contributed by atoms with Crippen LogP contribution in [0.1, 0.15) is 89.2 Å². The first kappa shape index (κ1) is 35.9. The molecule has 2 saturated carbocycles. The molecule has 0 aliphatic heterocycles. The van der Waals surface area contributed by atoms with E-state index < -0.39 is 11.8 Å². The second-order valence-corrected chi connectivity index (χ2v) is 13.4. The zero-order valence-corrected chi connectivity index (χ0v) is 29.0. The number of carbonyl (C=O) groups is 3. The molecule has 3 amide bonds. The Balaban J connectivity index is 1.13. The van der Waals surface area contributed by atoms with Gasteiger partial charge in [-0.2, -0.15) is 5.10 Å². The van der Waals surface area contributed by atoms with Gasteiger partial charge in [0.15, 0.2) is 5.69 Å². The number of pyridine rings is 1. The predicted octanol–water partition coefficient (Wildman–Crippen LogP) is 5.15. The van der Waals surface area contributed by atoms with Crippen molar-refractivity contribution in [3.63, 3.8) is 0 Å². The standard InChI is InChI=1S/C40H48N6O5/c47-38(43-32-18-7-9-20-36(32)50-27-29-13-3-1-4-14-29)26-46-35(25-34(45-46)39(48)42-24-22-31-17-11-12-23-41-31)40(49)44-33-19-8-10-21-37(33)51-28-30-15-5-2-6-16-30/h1-6,11-17,23,25,32-33,36-37H,7-10,18-22,24,26-28H2,(H,42,48)(H,43,47)(H,44,49)/t32-,33-,36-,37-/m0/s1. The zero-order valence-electron chi connectivity index (χ0n) is 29.0. The molecule has 2 fully saturated rings. The second-order valence-electron chi connectivity index (χ2n) is 13.4. The van der Waals surface area contributed by atoms with Gasteiger partial charge in [0.05, 0.1) is 37.5 Å². The van der Waals surface area contributed by atoms with Crippen molar-refractivity contribution in [2.45, 2.75) is 102 Å². The highest BCUT2D eigenvalue weighted by Gasteiger charge is 2.31. The molecule has 0 saturated heterocycles. The van der Waals surface area contributed by atoms with Gasteiger partial charge < -0.3 is 25.4 Å². The largest absolute Gasteiger partial charge is 0.371 e. The van der Waals surface area contributed by atoms with Crippen LogP contribution in [-0.4, -0.2) is 63.3 Å². The van der Waals surface area contributed by atoms with E-state index in [9.17, 15) is 14.4 Å². The summed E-state index contributed by atoms with van der Waals surface area (Å²) in [6, 6.07) is 26.7. The van der Waals surface area contributed by atoms with E-state index in [1.807, 2.05) is 78.9 Å². The average molecular weight is 693 g/mol. The van der Waals surface area contributed by atoms with E-state index in [0.717, 1.165) is 68.2 Å². The number of hydrogen-bond acceptors (Lipinski definition) is 7. The van der Waals surface area contributed by atoms with Gasteiger partial charge in [0.1, 0.15) is 12.2 Å². The van der Waals surface area contributed by atoms with Crippen LogP contribution in [0.5, 0.6) is 0 Å². The lowest BCUT2D eigenvalue weighted by Crippen LogP contribution is -2.48. The maximum Gasteiger partial charge on any atom is 0.271 e. The highest BCUT2D eigenvalue weighted by molar-refractivity contribution is 5.98. The molecule has 2 aromatic heterocycles. The second kappa shape index (κ2) is 18.4. The molecule has 3 N–H and O–H groups in total. The van der Waals surface area contributed by atoms with Gasteiger partial charge in [0.2, 0.25) is 5.91 Å². The van der Waals surface area contributed by atoms with Gasteiger partial charge >= 0.3 is 0 Å². The van der Waals surface area contributed by atoms with Crippen molar-refractivity contribution < 1.29 is 23.9 Å². The third-order valence-electron chi connectivity index (χ3n) is 9.61. The quantitative estimate of drug-likeness (QED) is 0.157. The van der Waals surface area contributed by atoms with Crippen molar-refractivity contribution in [3.05, 3.63) is 119 Å². The first-order valence-electron chi connectivity index (χ1n) is 18.2. The molecule has 0 bridgehead atoms. The molecule has 0 spiro atoms. The van der Waals surface area contributed by atoms with Crippen LogP contribution in [0, 0.1) is 0 Å². The number of benzene rings is 2. The monoisotopic (exact) mass is 692 g/mol. The van der Waals surface area contributed by atoms with E-state index in [0.29, 0.717) is 26.2 Å². The third kappa shape index (κ3) is 10.6. The van der Waals surface area contributed by atoms with Crippen LogP contribution in [0.15, 0.2) is 91.1 Å². The number of aromatic nitrogens is 3. The Morgan fingerprint density at radius 2 is 1.29 bits per heavy atom. The average Bonchev–Trinajstić information content (AvgIpc) is 3.59. The Labute approximate surface area is 299 Å². The van der Waals surface area contributed by atoms with Gasteiger partial charge in [-0.15, -0.1) is 0 Å². The summed E-state index contributed by atoms with van der Waals surface area (Å²) >= 11 is 0. The number of amides is 3. The molecule has 2 aromatic carbocycles. The number of nitrogens with zero attached hydrogens (tertiary/aromatic N) is 3. The van der Waals surface area contributed by atoms with Crippen molar-refractivity contribution in [1.29, 1.82) is 0 Å². The van der Waals surface area contributed by atoms with Crippen LogP contribution in [-0.2, 0) is 40.4 Å². The van der Waals surface area contributed by atoms with Crippen LogP contribution in [0.25, 0.3) is 0 Å². The predicted molar refractivity (Wildman–Crippen MR) is 193 cm³/mol. The lowest BCUT2D eigenvalue weighted by Gasteiger charge is -2.32. The smallest absolute Gasteiger partial charge is 0.271 e. The molecule has 2 aliphatic rings. The van der Waals surface area contributed by atoms with Crippen LogP contribution < -0.4 is 16.0 Å². The molecule has 268 valence electrons. The van der Waals surface area contributed by atoms with E-state index in [2.05, 4.69) is 26.0 Å². The maximum atomic E-state index is 13.9. The van der Waals surface area contributed by atoms with Crippen molar-refractivity contribution in [2.24, 2.45) is 0 Å². The van der Waals surface area contributed by atoms with Gasteiger partial charge in [0.25, 0.3) is 11.8 Å². The number of carbonyl (C=O) groups excluding carboxylic acids is 3. The molecule has 11 heteroatoms. The van der Waals surface area contributed by atoms with Crippen LogP contribution in [0.4, 0.5) is 0 Å². The highest BCUT2D eigenvalue weighted by atomic mass is 16.5. The Kier molecular flexibility index (Phi) is 13.0. The lowest BCUT2D eigenvalue weighted by molar-refractivity contribution is -0.124. The Bertz CT molecular complexity index is 1700. The van der Waals surface area contributed by atoms with Crippen LogP contribution in [0.2, 0.25) is 0 Å². The van der Waals surface area contributed by atoms with Crippen LogP contribution in [0.3, 0.4) is 0 Å². The van der Waals surface area contributed by atoms with Gasteiger partial charge in [-0.1, -0.05) is 92.4 Å². The Hall–Kier alpha value is -4.87. The lowest BCUT2D eigenvalue weighted by atomic mass is 9.92. The van der Waals surface area contributed by atoms with Gasteiger partial charge in [0, 0.05) is 30.9 Å². The zero-order chi connectivity index (χ0) is 35.3. The molecule has 4 atom stereocenters. The molecular formula is C40H48N6O5. The number of ether oxygens (including phenoxy) is 2. The fourth-order valence-electron chi connectivity index (χ4n) is 6.88. The first-order valence-corrected chi connectivity index (χ1v) is 18.2. The summed E-state index contributed by atoms with van der Waals surface area (Å²) in [5.74, 6) is -1.12. The fourth-order valence-corrected chi connectivity index (χ4v) is 6.88. The van der Waals surface area contributed by atoms with E-state index >= 15 is 0 Å². The topological polar surface area (TPSA) is 136 Å². The summed E-state index contributed by atoms with van der Waals surface area (Å²) < 4.78 is 13.9. The first-order chi connectivity index (χ1) is 25.0. The minimum atomic E-state index is -0.428. The summed E-state index contributed by atoms with van der Waals surface area (Å²) in [5.41, 5.74) is 3.22. The van der Waals surface area contributed by atoms with Crippen molar-refractivity contribution >= 4 is 17.7 Å². The van der Waals surface area contributed by atoms with Crippen molar-refractivity contribution in [2.75, 3.05) is 6.54 Å². The SMILES string of the molecule is O=C(Cn1nc(C(=O)NCCc2ccccn2)cc1C(=O)N[C@H]1CCCC[C@@H]1OCc1ccccc1)N[C@H]1CCCC[C@@H]1OCc1ccccc1. The normalized spacial score (nSPS) is 20.3. The Morgan fingerprint density at radius 3 is 1.90 bits per heavy atom. The van der Waals surface area contributed by atoms with E-state index in [1.54, 1.807) is 6.20 Å². The fraction of sp³-hybridized carbons (Fsp3) is 0.425. The highest BCUT2D eigenvalue weighted by Crippen LogP contribution is 2.24. The molecule has 0 unspecified atom stereocenters. The summed E-state index contributed by atoms with van der Waals surface area (Å²) in [6.45, 7) is 1.05. The van der Waals surface area contributed by atoms with Gasteiger partial charge in [-0.3, -0.25) is 19.4 Å². The van der Waals surface area contributed by atoms with E-state index in [-0.39, 0.29) is 48.1 Å².